The Kier molecular flexibility index (Phi) is 10.6. The lowest BCUT2D eigenvalue weighted by Gasteiger charge is -2.19. The number of carbonyl (C=O) groups is 3. The summed E-state index contributed by atoms with van der Waals surface area (Å²) in [4.78, 5) is 36.3. The molecule has 0 atom stereocenters. The number of Topliss-reactive ketones (excluding diaryl/α,β-unsaturated/α-hetero) is 2. The van der Waals surface area contributed by atoms with Crippen LogP contribution in [0, 0.1) is 6.92 Å². The van der Waals surface area contributed by atoms with E-state index in [0.717, 1.165) is 18.0 Å². The van der Waals surface area contributed by atoms with E-state index in [2.05, 4.69) is 19.6 Å². The highest BCUT2D eigenvalue weighted by molar-refractivity contribution is 7.94. The second-order valence-electron chi connectivity index (χ2n) is 9.69. The summed E-state index contributed by atoms with van der Waals surface area (Å²) in [5.74, 6) is -3.10. The monoisotopic (exact) mass is 716 g/mol. The predicted octanol–water partition coefficient (Wildman–Crippen LogP) is 0.983. The van der Waals surface area contributed by atoms with E-state index in [-0.39, 0.29) is 17.0 Å². The molecule has 0 saturated carbocycles. The number of carbonyl (C=O) groups excluding carboxylic acids is 3. The van der Waals surface area contributed by atoms with Crippen molar-refractivity contribution in [2.75, 3.05) is 5.01 Å². The number of hydrogen-bond acceptors (Lipinski definition) is 16. The van der Waals surface area contributed by atoms with Crippen LogP contribution in [0.5, 0.6) is 5.88 Å². The normalized spacial score (nSPS) is 14.9. The molecule has 1 aromatic heterocycles. The Morgan fingerprint density at radius 1 is 0.938 bits per heavy atom. The van der Waals surface area contributed by atoms with Crippen molar-refractivity contribution in [1.82, 2.24) is 9.78 Å². The summed E-state index contributed by atoms with van der Waals surface area (Å²) in [6.45, 7) is 3.92. The molecule has 252 valence electrons. The van der Waals surface area contributed by atoms with Crippen molar-refractivity contribution in [2.45, 2.75) is 35.5 Å². The van der Waals surface area contributed by atoms with Crippen LogP contribution in [0.1, 0.15) is 35.5 Å². The summed E-state index contributed by atoms with van der Waals surface area (Å²) >= 11 is 0.588. The number of aromatic nitrogens is 2. The van der Waals surface area contributed by atoms with Gasteiger partial charge in [-0.05, 0) is 54.8 Å². The topological polar surface area (TPSA) is 264 Å². The zero-order chi connectivity index (χ0) is 35.6. The first-order chi connectivity index (χ1) is 22.4. The highest BCUT2D eigenvalue weighted by Gasteiger charge is 2.34. The molecular weight excluding hydrogens is 697 g/mol. The van der Waals surface area contributed by atoms with E-state index in [1.807, 2.05) is 0 Å². The first kappa shape index (κ1) is 36.0. The molecule has 3 aromatic rings. The van der Waals surface area contributed by atoms with E-state index in [0.29, 0.717) is 45.4 Å². The smallest absolute Gasteiger partial charge is 0.281 e. The molecule has 20 heteroatoms. The molecule has 0 fully saturated rings. The first-order valence-corrected chi connectivity index (χ1v) is 16.6. The van der Waals surface area contributed by atoms with Crippen molar-refractivity contribution in [3.8, 4) is 11.6 Å². The number of amides is 1. The summed E-state index contributed by atoms with van der Waals surface area (Å²) in [5.41, 5.74) is -1.11. The van der Waals surface area contributed by atoms with Gasteiger partial charge < -0.3 is 19.5 Å². The average molecular weight is 717 g/mol. The molecule has 0 N–H and O–H groups in total. The zero-order valence-corrected chi connectivity index (χ0v) is 27.1. The molecule has 0 bridgehead atoms. The Morgan fingerprint density at radius 3 is 2.25 bits per heavy atom. The lowest BCUT2D eigenvalue weighted by Crippen LogP contribution is -2.22. The van der Waals surface area contributed by atoms with Gasteiger partial charge in [-0.2, -0.15) is 19.5 Å². The molecule has 0 aliphatic carbocycles. The lowest BCUT2D eigenvalue weighted by molar-refractivity contribution is -0.777. The van der Waals surface area contributed by atoms with Gasteiger partial charge in [0.2, 0.25) is 0 Å². The Labute approximate surface area is 276 Å². The molecule has 2 aromatic carbocycles. The number of aryl methyl sites for hydroxylation is 1. The minimum Gasteiger partial charge on any atom is -0.858 e. The number of anilines is 1. The van der Waals surface area contributed by atoms with Gasteiger partial charge in [0.25, 0.3) is 5.91 Å². The molecule has 0 unspecified atom stereocenters. The number of ketones is 2. The number of rotatable bonds is 12. The third kappa shape index (κ3) is 7.67. The standard InChI is InChI=1S/C28H24N4O13S3/c1-15-9-10-18(46-45-44-37)13-22(15)31-27(35)20(25(29-31)16(2)33)7-5-4-6-8-21-26(17(3)34)30-32(28(21)36)23-14-19(47(38,39)40)11-12-24(23)48(41,42)43/h4-14,36-37H,1-3H3,(H,38,39,40)(H,41,42,43)/p-4/b5-4+,8-6+,20-7?. The number of nitrogens with zero attached hydrogens (tertiary/aromatic N) is 4. The van der Waals surface area contributed by atoms with Crippen LogP contribution in [0.3, 0.4) is 0 Å². The minimum atomic E-state index is -5.32. The van der Waals surface area contributed by atoms with Crippen LogP contribution in [-0.2, 0) is 39.2 Å². The summed E-state index contributed by atoms with van der Waals surface area (Å²) < 4.78 is 74.7. The summed E-state index contributed by atoms with van der Waals surface area (Å²) in [5, 5.41) is 35.7. The van der Waals surface area contributed by atoms with Crippen molar-refractivity contribution in [3.05, 3.63) is 83.1 Å². The Balaban J connectivity index is 1.69. The molecule has 2 heterocycles. The molecular formula is C28H20N4O13S3-4. The molecule has 0 saturated heterocycles. The van der Waals surface area contributed by atoms with Gasteiger partial charge in [-0.3, -0.25) is 19.4 Å². The fourth-order valence-corrected chi connectivity index (χ4v) is 5.81. The van der Waals surface area contributed by atoms with Crippen LogP contribution in [-0.4, -0.2) is 58.9 Å². The van der Waals surface area contributed by atoms with Crippen molar-refractivity contribution < 1.29 is 60.1 Å². The second-order valence-corrected chi connectivity index (χ2v) is 13.2. The van der Waals surface area contributed by atoms with Gasteiger partial charge in [0.05, 0.1) is 38.8 Å². The Morgan fingerprint density at radius 2 is 1.65 bits per heavy atom. The molecule has 48 heavy (non-hydrogen) atoms. The summed E-state index contributed by atoms with van der Waals surface area (Å²) in [6, 6.07) is 6.29. The molecule has 4 rings (SSSR count). The zero-order valence-electron chi connectivity index (χ0n) is 24.7. The number of hydrazone groups is 1. The molecule has 0 spiro atoms. The van der Waals surface area contributed by atoms with Crippen LogP contribution in [0.2, 0.25) is 0 Å². The van der Waals surface area contributed by atoms with E-state index in [4.69, 9.17) is 0 Å². The van der Waals surface area contributed by atoms with E-state index >= 15 is 0 Å². The number of benzene rings is 2. The average Bonchev–Trinajstić information content (AvgIpc) is 3.51. The second kappa shape index (κ2) is 14.1. The molecule has 0 radical (unpaired) electrons. The molecule has 17 nitrogen and oxygen atoms in total. The molecule has 1 aliphatic heterocycles. The minimum absolute atomic E-state index is 0.0925. The third-order valence-electron chi connectivity index (χ3n) is 6.45. The van der Waals surface area contributed by atoms with Gasteiger partial charge in [-0.25, -0.2) is 21.5 Å². The Bertz CT molecular complexity index is 2180. The maximum atomic E-state index is 13.3. The third-order valence-corrected chi connectivity index (χ3v) is 8.74. The highest BCUT2D eigenvalue weighted by atomic mass is 32.2. The fraction of sp³-hybridized carbons (Fsp3) is 0.107. The molecule has 1 amide bonds. The summed E-state index contributed by atoms with van der Waals surface area (Å²) in [6.07, 6.45) is 6.23. The summed E-state index contributed by atoms with van der Waals surface area (Å²) in [7, 11) is -10.5. The van der Waals surface area contributed by atoms with Gasteiger partial charge in [-0.1, -0.05) is 30.4 Å². The van der Waals surface area contributed by atoms with Crippen molar-refractivity contribution >= 4 is 67.2 Å². The van der Waals surface area contributed by atoms with Gasteiger partial charge in [-0.15, -0.1) is 0 Å². The fourth-order valence-electron chi connectivity index (χ4n) is 4.30. The predicted molar refractivity (Wildman–Crippen MR) is 160 cm³/mol. The van der Waals surface area contributed by atoms with Crippen LogP contribution >= 0.6 is 12.0 Å². The van der Waals surface area contributed by atoms with Gasteiger partial charge in [0, 0.05) is 24.3 Å². The van der Waals surface area contributed by atoms with Crippen molar-refractivity contribution in [2.24, 2.45) is 5.10 Å². The van der Waals surface area contributed by atoms with Crippen LogP contribution < -0.4 is 15.4 Å². The van der Waals surface area contributed by atoms with Crippen molar-refractivity contribution in [3.63, 3.8) is 0 Å². The largest absolute Gasteiger partial charge is 0.858 e. The lowest BCUT2D eigenvalue weighted by atomic mass is 10.1. The van der Waals surface area contributed by atoms with E-state index in [9.17, 15) is 50.7 Å². The number of hydrogen-bond donors (Lipinski definition) is 0. The van der Waals surface area contributed by atoms with Crippen LogP contribution in [0.25, 0.3) is 11.8 Å². The van der Waals surface area contributed by atoms with Crippen LogP contribution in [0.15, 0.2) is 86.1 Å². The van der Waals surface area contributed by atoms with Gasteiger partial charge >= 0.3 is 0 Å². The van der Waals surface area contributed by atoms with E-state index in [1.165, 1.54) is 37.3 Å². The van der Waals surface area contributed by atoms with Crippen LogP contribution in [0.4, 0.5) is 5.69 Å². The SMILES string of the molecule is CC(=O)C1=NN(c2cc(SOO[O-])ccc2C)C(=O)C1=C/C=C/C=C/c1c(C(C)=O)nn(-c2cc(S(=O)(=O)[O-])ccc2S(=O)(=O)[O-])c1[O-]. The van der Waals surface area contributed by atoms with Gasteiger partial charge in [0.1, 0.15) is 31.6 Å². The van der Waals surface area contributed by atoms with Crippen molar-refractivity contribution in [1.29, 1.82) is 0 Å². The van der Waals surface area contributed by atoms with Gasteiger partial charge in [0.15, 0.2) is 11.6 Å². The quantitative estimate of drug-likeness (QED) is 0.0481. The first-order valence-electron chi connectivity index (χ1n) is 13.1. The number of allylic oxidation sites excluding steroid dienone is 4. The maximum Gasteiger partial charge on any atom is 0.281 e. The Hall–Kier alpha value is -4.80. The van der Waals surface area contributed by atoms with E-state index < -0.39 is 70.3 Å². The highest BCUT2D eigenvalue weighted by Crippen LogP contribution is 2.32. The molecule has 1 aliphatic rings. The van der Waals surface area contributed by atoms with E-state index in [1.54, 1.807) is 19.1 Å². The maximum absolute atomic E-state index is 13.3.